The van der Waals surface area contributed by atoms with E-state index in [4.69, 9.17) is 14.2 Å². The van der Waals surface area contributed by atoms with Crippen LogP contribution in [0, 0.1) is 47.3 Å². The monoisotopic (exact) mass is 914 g/mol. The molecule has 0 spiro atoms. The first kappa shape index (κ1) is 54.2. The van der Waals surface area contributed by atoms with E-state index in [0.29, 0.717) is 64.2 Å². The lowest BCUT2D eigenvalue weighted by Gasteiger charge is -2.42. The molecule has 2 saturated heterocycles. The summed E-state index contributed by atoms with van der Waals surface area (Å²) in [6.45, 7) is 11.8. The van der Waals surface area contributed by atoms with Gasteiger partial charge in [0, 0.05) is 56.8 Å². The Labute approximate surface area is 386 Å². The Hall–Kier alpha value is -3.37. The molecule has 15 atom stereocenters. The molecule has 3 fully saturated rings. The number of hydrogen-bond donors (Lipinski definition) is 5. The van der Waals surface area contributed by atoms with E-state index in [2.05, 4.69) is 0 Å². The highest BCUT2D eigenvalue weighted by molar-refractivity contribution is 6.39. The number of ketones is 3. The lowest BCUT2D eigenvalue weighted by Crippen LogP contribution is -2.61. The number of cyclic esters (lactones) is 1. The van der Waals surface area contributed by atoms with Gasteiger partial charge in [0.15, 0.2) is 5.78 Å². The summed E-state index contributed by atoms with van der Waals surface area (Å²) in [6.07, 6.45) is 12.1. The first-order valence-electron chi connectivity index (χ1n) is 24.1. The number of piperidine rings is 1. The molecule has 3 heterocycles. The quantitative estimate of drug-likeness (QED) is 0.168. The number of rotatable bonds is 6. The first-order chi connectivity index (χ1) is 30.7. The molecular weight excluding hydrogens is 835 g/mol. The average Bonchev–Trinajstić information content (AvgIpc) is 3.28. The summed E-state index contributed by atoms with van der Waals surface area (Å²) in [5, 5.41) is 54.0. The van der Waals surface area contributed by atoms with Crippen LogP contribution in [0.5, 0.6) is 0 Å². The molecule has 3 aliphatic heterocycles. The molecule has 5 N–H and O–H groups in total. The number of allylic oxidation sites excluding steroid dienone is 6. The Morgan fingerprint density at radius 2 is 1.62 bits per heavy atom. The number of aliphatic hydroxyl groups excluding tert-OH is 4. The maximum atomic E-state index is 14.3. The zero-order valence-electron chi connectivity index (χ0n) is 40.1. The Balaban J connectivity index is 1.70. The molecule has 14 heteroatoms. The fourth-order valence-corrected chi connectivity index (χ4v) is 10.3. The van der Waals surface area contributed by atoms with Gasteiger partial charge < -0.3 is 44.6 Å². The van der Waals surface area contributed by atoms with Crippen molar-refractivity contribution in [3.05, 3.63) is 47.6 Å². The van der Waals surface area contributed by atoms with Crippen molar-refractivity contribution in [2.75, 3.05) is 26.9 Å². The van der Waals surface area contributed by atoms with Crippen molar-refractivity contribution in [1.82, 2.24) is 4.90 Å². The number of fused-ring (bicyclic) bond motifs is 3. The van der Waals surface area contributed by atoms with Crippen LogP contribution in [-0.2, 0) is 38.2 Å². The smallest absolute Gasteiger partial charge is 0.329 e. The third-order valence-electron chi connectivity index (χ3n) is 14.7. The predicted molar refractivity (Wildman–Crippen MR) is 245 cm³/mol. The van der Waals surface area contributed by atoms with Gasteiger partial charge in [-0.1, -0.05) is 71.1 Å². The predicted octanol–water partition coefficient (Wildman–Crippen LogP) is 5.37. The molecule has 1 amide bonds. The highest BCUT2D eigenvalue weighted by Crippen LogP contribution is 2.38. The number of Topliss-reactive ketones (excluding diaryl/α,β-unsaturated/α-hetero) is 3. The molecule has 0 aromatic rings. The third kappa shape index (κ3) is 14.3. The fraction of sp³-hybridized carbons (Fsp3) is 0.745. The molecule has 0 radical (unpaired) electrons. The van der Waals surface area contributed by atoms with Crippen LogP contribution in [0.2, 0.25) is 0 Å². The normalized spacial score (nSPS) is 38.6. The van der Waals surface area contributed by atoms with Crippen molar-refractivity contribution in [2.24, 2.45) is 47.3 Å². The van der Waals surface area contributed by atoms with Gasteiger partial charge in [-0.3, -0.25) is 19.2 Å². The minimum absolute atomic E-state index is 0.00899. The molecule has 65 heavy (non-hydrogen) atoms. The van der Waals surface area contributed by atoms with E-state index in [0.717, 1.165) is 5.57 Å². The molecule has 1 saturated carbocycles. The number of esters is 1. The fourth-order valence-electron chi connectivity index (χ4n) is 10.3. The molecule has 2 bridgehead atoms. The van der Waals surface area contributed by atoms with Crippen LogP contribution >= 0.6 is 0 Å². The molecule has 1 aliphatic carbocycles. The number of ether oxygens (including phenoxy) is 3. The van der Waals surface area contributed by atoms with Crippen molar-refractivity contribution in [1.29, 1.82) is 0 Å². The van der Waals surface area contributed by atoms with E-state index >= 15 is 0 Å². The van der Waals surface area contributed by atoms with Crippen LogP contribution in [-0.4, -0.2) is 129 Å². The second-order valence-electron chi connectivity index (χ2n) is 19.9. The van der Waals surface area contributed by atoms with Crippen LogP contribution < -0.4 is 0 Å². The van der Waals surface area contributed by atoms with Crippen molar-refractivity contribution in [2.45, 2.75) is 168 Å². The van der Waals surface area contributed by atoms with Crippen molar-refractivity contribution >= 4 is 29.2 Å². The molecular formula is C51H79NO13. The highest BCUT2D eigenvalue weighted by Gasteiger charge is 2.53. The van der Waals surface area contributed by atoms with Crippen molar-refractivity contribution in [3.8, 4) is 0 Å². The Kier molecular flexibility index (Phi) is 21.0. The van der Waals surface area contributed by atoms with E-state index in [1.54, 1.807) is 40.9 Å². The van der Waals surface area contributed by atoms with E-state index in [1.807, 2.05) is 51.2 Å². The number of hydrogen-bond acceptors (Lipinski definition) is 13. The zero-order chi connectivity index (χ0) is 48.2. The zero-order valence-corrected chi connectivity index (χ0v) is 40.1. The van der Waals surface area contributed by atoms with Gasteiger partial charge in [0.05, 0.1) is 36.9 Å². The largest absolute Gasteiger partial charge is 0.460 e. The van der Waals surface area contributed by atoms with E-state index in [1.165, 1.54) is 4.90 Å². The molecule has 4 rings (SSSR count). The summed E-state index contributed by atoms with van der Waals surface area (Å²) in [7, 11) is 1.57. The maximum Gasteiger partial charge on any atom is 0.329 e. The first-order valence-corrected chi connectivity index (χ1v) is 24.1. The van der Waals surface area contributed by atoms with Gasteiger partial charge in [0.1, 0.15) is 17.9 Å². The van der Waals surface area contributed by atoms with Gasteiger partial charge in [0.25, 0.3) is 11.7 Å². The molecule has 0 aromatic heterocycles. The Morgan fingerprint density at radius 1 is 0.892 bits per heavy atom. The van der Waals surface area contributed by atoms with Gasteiger partial charge in [-0.2, -0.15) is 0 Å². The topological polar surface area (TPSA) is 217 Å². The molecule has 366 valence electrons. The number of carbonyl (C=O) groups is 5. The number of nitrogens with zero attached hydrogens (tertiary/aromatic N) is 1. The molecule has 14 nitrogen and oxygen atoms in total. The van der Waals surface area contributed by atoms with Gasteiger partial charge in [-0.05, 0) is 107 Å². The molecule has 4 aliphatic rings. The maximum absolute atomic E-state index is 14.3. The summed E-state index contributed by atoms with van der Waals surface area (Å²) in [5.41, 5.74) is 1.14. The van der Waals surface area contributed by atoms with E-state index < -0.39 is 90.3 Å². The van der Waals surface area contributed by atoms with Crippen LogP contribution in [0.1, 0.15) is 126 Å². The van der Waals surface area contributed by atoms with Crippen LogP contribution in [0.15, 0.2) is 47.6 Å². The van der Waals surface area contributed by atoms with Crippen molar-refractivity contribution in [3.63, 3.8) is 0 Å². The Morgan fingerprint density at radius 3 is 2.29 bits per heavy atom. The van der Waals surface area contributed by atoms with Crippen LogP contribution in [0.3, 0.4) is 0 Å². The summed E-state index contributed by atoms with van der Waals surface area (Å²) in [6, 6.07) is -1.17. The highest BCUT2D eigenvalue weighted by atomic mass is 16.6. The lowest BCUT2D eigenvalue weighted by atomic mass is 9.75. The molecule has 0 aromatic carbocycles. The van der Waals surface area contributed by atoms with Crippen LogP contribution in [0.4, 0.5) is 0 Å². The minimum atomic E-state index is -2.44. The van der Waals surface area contributed by atoms with Crippen molar-refractivity contribution < 1.29 is 63.7 Å². The van der Waals surface area contributed by atoms with Gasteiger partial charge in [-0.25, -0.2) is 4.79 Å². The summed E-state index contributed by atoms with van der Waals surface area (Å²) in [4.78, 5) is 71.6. The number of carbonyl (C=O) groups excluding carboxylic acids is 5. The summed E-state index contributed by atoms with van der Waals surface area (Å²) >= 11 is 0. The Bertz CT molecular complexity index is 1760. The number of aliphatic hydroxyl groups is 5. The minimum Gasteiger partial charge on any atom is -0.460 e. The van der Waals surface area contributed by atoms with Gasteiger partial charge >= 0.3 is 5.97 Å². The van der Waals surface area contributed by atoms with E-state index in [9.17, 15) is 49.5 Å². The SMILES string of the molecule is CO[C@H]1C[C@@H]2CC[C@@H](C)[C@@](O)(O2)C(=O)C(=O)N2CCCC[C@H]2C(=O)OC([C@H](C)CC2CC[C@@H](O)[C@H](CO)C2)CC(=O)/C(C)=C/C(C)[C@@H](O)[C@@H](CO)C(=O)[C@H](C)C[C@H](C)C=CC=CC=C1C. The second-order valence-corrected chi connectivity index (χ2v) is 19.9. The third-order valence-corrected chi connectivity index (χ3v) is 14.7. The lowest BCUT2D eigenvalue weighted by molar-refractivity contribution is -0.265. The summed E-state index contributed by atoms with van der Waals surface area (Å²) < 4.78 is 18.2. The molecule has 3 unspecified atom stereocenters. The van der Waals surface area contributed by atoms with Crippen LogP contribution in [0.25, 0.3) is 0 Å². The average molecular weight is 914 g/mol. The number of methoxy groups -OCH3 is 1. The van der Waals surface area contributed by atoms with Gasteiger partial charge in [0.2, 0.25) is 5.79 Å². The second kappa shape index (κ2) is 25.1. The standard InChI is InChI=1S/C51H79NO13/c1-30-14-10-9-11-15-31(2)44(63-8)26-39-19-17-36(7)51(62,65-39)48(59)49(60)52-21-13-12-16-41(52)50(61)64-45(33(4)24-37-18-20-42(55)38(25-37)28-53)27-43(56)32(3)23-35(6)47(58)40(29-54)46(57)34(5)22-30/h9-11,14-15,23,30,33-42,44-45,47,53-55,58,62H,12-13,16-22,24-29H2,1-8H3/b11-9?,14-10?,31-15?,32-23+/t30-,33-,34-,35?,36-,37?,38+,39+,40+,41+,42-,44+,45?,47-,51-/m1/s1. The summed E-state index contributed by atoms with van der Waals surface area (Å²) in [5.74, 6) is -9.67. The van der Waals surface area contributed by atoms with E-state index in [-0.39, 0.29) is 66.8 Å². The van der Waals surface area contributed by atoms with Gasteiger partial charge in [-0.15, -0.1) is 0 Å². The number of amides is 1.